The molecule has 1 aromatic rings. The molecule has 0 spiro atoms. The van der Waals surface area contributed by atoms with Crippen molar-refractivity contribution in [1.82, 2.24) is 4.90 Å². The molecule has 2 nitrogen and oxygen atoms in total. The third-order valence-corrected chi connectivity index (χ3v) is 3.48. The van der Waals surface area contributed by atoms with Crippen LogP contribution in [0, 0.1) is 0 Å². The smallest absolute Gasteiger partial charge is 0.222 e. The van der Waals surface area contributed by atoms with Crippen molar-refractivity contribution in [1.29, 1.82) is 0 Å². The monoisotopic (exact) mass is 237 g/mol. The van der Waals surface area contributed by atoms with E-state index in [-0.39, 0.29) is 11.9 Å². The Morgan fingerprint density at radius 3 is 2.94 bits per heavy atom. The Hall–Kier alpha value is -1.02. The van der Waals surface area contributed by atoms with Crippen LogP contribution in [-0.2, 0) is 4.79 Å². The molecular formula is C13H16ClNO. The molecule has 0 aliphatic carbocycles. The number of hydrogen-bond donors (Lipinski definition) is 0. The third-order valence-electron chi connectivity index (χ3n) is 3.14. The van der Waals surface area contributed by atoms with Crippen LogP contribution >= 0.6 is 11.6 Å². The summed E-state index contributed by atoms with van der Waals surface area (Å²) in [5, 5.41) is 0.767. The van der Waals surface area contributed by atoms with Gasteiger partial charge in [0.05, 0.1) is 6.04 Å². The number of halogens is 1. The summed E-state index contributed by atoms with van der Waals surface area (Å²) in [4.78, 5) is 13.8. The summed E-state index contributed by atoms with van der Waals surface area (Å²) in [7, 11) is 0. The molecule has 2 rings (SSSR count). The summed E-state index contributed by atoms with van der Waals surface area (Å²) in [6.45, 7) is 2.77. The van der Waals surface area contributed by atoms with Crippen molar-refractivity contribution < 1.29 is 4.79 Å². The molecule has 1 saturated heterocycles. The van der Waals surface area contributed by atoms with Crippen molar-refractivity contribution in [3.63, 3.8) is 0 Å². The normalized spacial score (nSPS) is 20.1. The van der Waals surface area contributed by atoms with E-state index in [0.717, 1.165) is 30.0 Å². The van der Waals surface area contributed by atoms with Crippen molar-refractivity contribution in [3.8, 4) is 0 Å². The topological polar surface area (TPSA) is 20.3 Å². The summed E-state index contributed by atoms with van der Waals surface area (Å²) in [6, 6.07) is 8.00. The predicted octanol–water partition coefficient (Wildman–Crippen LogP) is 3.41. The Kier molecular flexibility index (Phi) is 3.49. The van der Waals surface area contributed by atoms with Gasteiger partial charge in [0.15, 0.2) is 0 Å². The van der Waals surface area contributed by atoms with Gasteiger partial charge in [-0.15, -0.1) is 0 Å². The van der Waals surface area contributed by atoms with Gasteiger partial charge < -0.3 is 4.90 Å². The molecule has 0 N–H and O–H groups in total. The first kappa shape index (κ1) is 11.5. The van der Waals surface area contributed by atoms with E-state index in [2.05, 4.69) is 0 Å². The van der Waals surface area contributed by atoms with Crippen LogP contribution in [0.4, 0.5) is 0 Å². The fourth-order valence-electron chi connectivity index (χ4n) is 2.34. The minimum Gasteiger partial charge on any atom is -0.336 e. The average Bonchev–Trinajstić information content (AvgIpc) is 2.77. The number of hydrogen-bond acceptors (Lipinski definition) is 1. The maximum absolute atomic E-state index is 11.8. The van der Waals surface area contributed by atoms with E-state index in [1.165, 1.54) is 0 Å². The largest absolute Gasteiger partial charge is 0.336 e. The van der Waals surface area contributed by atoms with Crippen molar-refractivity contribution in [3.05, 3.63) is 34.9 Å². The molecule has 86 valence electrons. The molecule has 1 unspecified atom stereocenters. The standard InChI is InChI=1S/C13H16ClNO/c1-2-13(16)15-9-5-8-12(15)10-6-3-4-7-11(10)14/h3-4,6-7,12H,2,5,8-9H2,1H3. The van der Waals surface area contributed by atoms with E-state index in [9.17, 15) is 4.79 Å². The zero-order valence-corrected chi connectivity index (χ0v) is 10.2. The molecule has 0 aromatic heterocycles. The molecule has 0 radical (unpaired) electrons. The Balaban J connectivity index is 2.27. The van der Waals surface area contributed by atoms with Crippen LogP contribution < -0.4 is 0 Å². The molecule has 1 aromatic carbocycles. The van der Waals surface area contributed by atoms with Gasteiger partial charge in [-0.2, -0.15) is 0 Å². The van der Waals surface area contributed by atoms with Crippen LogP contribution in [0.2, 0.25) is 5.02 Å². The zero-order chi connectivity index (χ0) is 11.5. The first-order valence-electron chi connectivity index (χ1n) is 5.78. The van der Waals surface area contributed by atoms with Crippen molar-refractivity contribution in [2.75, 3.05) is 6.54 Å². The molecule has 16 heavy (non-hydrogen) atoms. The lowest BCUT2D eigenvalue weighted by atomic mass is 10.0. The van der Waals surface area contributed by atoms with Gasteiger partial charge in [-0.05, 0) is 24.5 Å². The number of likely N-dealkylation sites (tertiary alicyclic amines) is 1. The highest BCUT2D eigenvalue weighted by Gasteiger charge is 2.29. The maximum atomic E-state index is 11.8. The maximum Gasteiger partial charge on any atom is 0.222 e. The van der Waals surface area contributed by atoms with Gasteiger partial charge in [-0.1, -0.05) is 36.7 Å². The Morgan fingerprint density at radius 1 is 1.50 bits per heavy atom. The van der Waals surface area contributed by atoms with Gasteiger partial charge in [0, 0.05) is 18.0 Å². The number of rotatable bonds is 2. The summed E-state index contributed by atoms with van der Waals surface area (Å²) >= 11 is 6.18. The molecule has 0 bridgehead atoms. The lowest BCUT2D eigenvalue weighted by Gasteiger charge is -2.25. The zero-order valence-electron chi connectivity index (χ0n) is 9.45. The van der Waals surface area contributed by atoms with Gasteiger partial charge >= 0.3 is 0 Å². The first-order valence-corrected chi connectivity index (χ1v) is 6.15. The second-order valence-corrected chi connectivity index (χ2v) is 4.53. The van der Waals surface area contributed by atoms with E-state index < -0.39 is 0 Å². The molecule has 0 saturated carbocycles. The number of benzene rings is 1. The predicted molar refractivity (Wildman–Crippen MR) is 65.4 cm³/mol. The van der Waals surface area contributed by atoms with E-state index in [1.54, 1.807) is 0 Å². The fraction of sp³-hybridized carbons (Fsp3) is 0.462. The van der Waals surface area contributed by atoms with Crippen LogP contribution in [0.3, 0.4) is 0 Å². The highest BCUT2D eigenvalue weighted by molar-refractivity contribution is 6.31. The average molecular weight is 238 g/mol. The van der Waals surface area contributed by atoms with Gasteiger partial charge in [0.25, 0.3) is 0 Å². The van der Waals surface area contributed by atoms with Crippen molar-refractivity contribution >= 4 is 17.5 Å². The summed E-state index contributed by atoms with van der Waals surface area (Å²) in [5.74, 6) is 0.224. The van der Waals surface area contributed by atoms with Gasteiger partial charge in [0.2, 0.25) is 5.91 Å². The Bertz CT molecular complexity index is 391. The Labute approximate surface area is 101 Å². The quantitative estimate of drug-likeness (QED) is 0.772. The summed E-state index contributed by atoms with van der Waals surface area (Å²) in [5.41, 5.74) is 1.09. The van der Waals surface area contributed by atoms with Crippen LogP contribution in [0.5, 0.6) is 0 Å². The molecular weight excluding hydrogens is 222 g/mol. The van der Waals surface area contributed by atoms with E-state index in [4.69, 9.17) is 11.6 Å². The molecule has 3 heteroatoms. The summed E-state index contributed by atoms with van der Waals surface area (Å²) in [6.07, 6.45) is 2.66. The van der Waals surface area contributed by atoms with E-state index in [1.807, 2.05) is 36.1 Å². The lowest BCUT2D eigenvalue weighted by Crippen LogP contribution is -2.29. The SMILES string of the molecule is CCC(=O)N1CCCC1c1ccccc1Cl. The van der Waals surface area contributed by atoms with Gasteiger partial charge in [0.1, 0.15) is 0 Å². The molecule has 1 heterocycles. The van der Waals surface area contributed by atoms with Gasteiger partial charge in [-0.3, -0.25) is 4.79 Å². The number of carbonyl (C=O) groups is 1. The molecule has 1 atom stereocenters. The van der Waals surface area contributed by atoms with Crippen LogP contribution in [0.1, 0.15) is 37.8 Å². The summed E-state index contributed by atoms with van der Waals surface area (Å²) < 4.78 is 0. The van der Waals surface area contributed by atoms with Gasteiger partial charge in [-0.25, -0.2) is 0 Å². The number of carbonyl (C=O) groups excluding carboxylic acids is 1. The minimum absolute atomic E-state index is 0.182. The molecule has 1 amide bonds. The highest BCUT2D eigenvalue weighted by atomic mass is 35.5. The van der Waals surface area contributed by atoms with E-state index >= 15 is 0 Å². The lowest BCUT2D eigenvalue weighted by molar-refractivity contribution is -0.131. The molecule has 1 fully saturated rings. The number of nitrogens with zero attached hydrogens (tertiary/aromatic N) is 1. The number of amides is 1. The fourth-order valence-corrected chi connectivity index (χ4v) is 2.60. The second kappa shape index (κ2) is 4.88. The molecule has 1 aliphatic rings. The second-order valence-electron chi connectivity index (χ2n) is 4.12. The van der Waals surface area contributed by atoms with E-state index in [0.29, 0.717) is 6.42 Å². The Morgan fingerprint density at radius 2 is 2.25 bits per heavy atom. The first-order chi connectivity index (χ1) is 7.74. The van der Waals surface area contributed by atoms with Crippen LogP contribution in [0.15, 0.2) is 24.3 Å². The van der Waals surface area contributed by atoms with Crippen LogP contribution in [-0.4, -0.2) is 17.4 Å². The molecule has 1 aliphatic heterocycles. The van der Waals surface area contributed by atoms with Crippen molar-refractivity contribution in [2.45, 2.75) is 32.2 Å². The highest BCUT2D eigenvalue weighted by Crippen LogP contribution is 2.35. The minimum atomic E-state index is 0.182. The third kappa shape index (κ3) is 2.07. The van der Waals surface area contributed by atoms with Crippen LogP contribution in [0.25, 0.3) is 0 Å². The van der Waals surface area contributed by atoms with Crippen molar-refractivity contribution in [2.24, 2.45) is 0 Å².